The Labute approximate surface area is 168 Å². The van der Waals surface area contributed by atoms with Crippen LogP contribution >= 0.6 is 11.3 Å². The van der Waals surface area contributed by atoms with Crippen molar-refractivity contribution >= 4 is 29.2 Å². The quantitative estimate of drug-likeness (QED) is 0.838. The largest absolute Gasteiger partial charge is 0.465 e. The second kappa shape index (κ2) is 7.95. The van der Waals surface area contributed by atoms with Gasteiger partial charge in [0.05, 0.1) is 0 Å². The molecule has 1 saturated heterocycles. The Balaban J connectivity index is 1.67. The summed E-state index contributed by atoms with van der Waals surface area (Å²) in [6.45, 7) is 0.627. The predicted molar refractivity (Wildman–Crippen MR) is 104 cm³/mol. The summed E-state index contributed by atoms with van der Waals surface area (Å²) in [5.41, 5.74) is 0. The molecular formula is C20H25N3O4S. The lowest BCUT2D eigenvalue weighted by Crippen LogP contribution is -2.62. The number of fused-ring (bicyclic) bond motifs is 1. The molecule has 7 nitrogen and oxygen atoms in total. The van der Waals surface area contributed by atoms with E-state index in [1.807, 2.05) is 17.5 Å². The maximum atomic E-state index is 13.4. The summed E-state index contributed by atoms with van der Waals surface area (Å²) in [6, 6.07) is 3.43. The topological polar surface area (TPSA) is 81.2 Å². The second-order valence-electron chi connectivity index (χ2n) is 7.64. The Morgan fingerprint density at radius 2 is 2.00 bits per heavy atom. The third kappa shape index (κ3) is 3.53. The highest BCUT2D eigenvalue weighted by atomic mass is 32.1. The first-order valence-electron chi connectivity index (χ1n) is 9.93. The minimum Gasteiger partial charge on any atom is -0.465 e. The molecule has 3 heterocycles. The Kier molecular flexibility index (Phi) is 5.39. The highest BCUT2D eigenvalue weighted by Gasteiger charge is 2.47. The zero-order valence-corrected chi connectivity index (χ0v) is 16.6. The molecule has 1 aromatic heterocycles. The average Bonchev–Trinajstić information content (AvgIpc) is 3.21. The molecule has 0 bridgehead atoms. The van der Waals surface area contributed by atoms with Crippen molar-refractivity contribution in [3.63, 3.8) is 0 Å². The van der Waals surface area contributed by atoms with Gasteiger partial charge in [-0.05, 0) is 36.6 Å². The summed E-state index contributed by atoms with van der Waals surface area (Å²) in [7, 11) is 0. The van der Waals surface area contributed by atoms with E-state index in [0.717, 1.165) is 32.1 Å². The molecule has 2 aliphatic heterocycles. The molecule has 1 aliphatic carbocycles. The molecule has 150 valence electrons. The Hall–Kier alpha value is -2.35. The minimum absolute atomic E-state index is 0.0761. The lowest BCUT2D eigenvalue weighted by molar-refractivity contribution is -0.151. The van der Waals surface area contributed by atoms with Crippen LogP contribution in [-0.2, 0) is 16.0 Å². The molecule has 1 atom stereocenters. The van der Waals surface area contributed by atoms with Crippen molar-refractivity contribution in [2.75, 3.05) is 13.1 Å². The molecule has 0 aromatic carbocycles. The number of carbonyl (C=O) groups excluding carboxylic acids is 2. The summed E-state index contributed by atoms with van der Waals surface area (Å²) >= 11 is 1.64. The number of carbonyl (C=O) groups is 3. The van der Waals surface area contributed by atoms with Crippen LogP contribution in [0.15, 0.2) is 29.5 Å². The number of carboxylic acid groups (broad SMARTS) is 1. The van der Waals surface area contributed by atoms with E-state index in [0.29, 0.717) is 18.8 Å². The lowest BCUT2D eigenvalue weighted by atomic mass is 9.81. The van der Waals surface area contributed by atoms with Crippen molar-refractivity contribution in [1.29, 1.82) is 0 Å². The summed E-state index contributed by atoms with van der Waals surface area (Å²) in [4.78, 5) is 43.4. The molecule has 1 N–H and O–H groups in total. The van der Waals surface area contributed by atoms with Gasteiger partial charge in [-0.1, -0.05) is 25.3 Å². The van der Waals surface area contributed by atoms with Gasteiger partial charge in [0, 0.05) is 30.6 Å². The number of hydrogen-bond acceptors (Lipinski definition) is 4. The Morgan fingerprint density at radius 1 is 1.21 bits per heavy atom. The monoisotopic (exact) mass is 403 g/mol. The molecule has 3 aliphatic rings. The van der Waals surface area contributed by atoms with Gasteiger partial charge < -0.3 is 10.0 Å². The Morgan fingerprint density at radius 3 is 2.68 bits per heavy atom. The van der Waals surface area contributed by atoms with Crippen molar-refractivity contribution in [2.24, 2.45) is 5.92 Å². The lowest BCUT2D eigenvalue weighted by Gasteiger charge is -2.48. The van der Waals surface area contributed by atoms with Gasteiger partial charge in [0.25, 0.3) is 0 Å². The molecule has 1 saturated carbocycles. The number of amides is 3. The van der Waals surface area contributed by atoms with Crippen LogP contribution in [-0.4, -0.2) is 56.8 Å². The van der Waals surface area contributed by atoms with E-state index >= 15 is 0 Å². The maximum absolute atomic E-state index is 13.4. The van der Waals surface area contributed by atoms with E-state index < -0.39 is 12.1 Å². The molecule has 4 rings (SSSR count). The number of thiophene rings is 1. The van der Waals surface area contributed by atoms with Crippen LogP contribution in [0.4, 0.5) is 4.79 Å². The first-order valence-corrected chi connectivity index (χ1v) is 10.8. The van der Waals surface area contributed by atoms with Crippen LogP contribution in [0.5, 0.6) is 0 Å². The fourth-order valence-corrected chi connectivity index (χ4v) is 5.23. The summed E-state index contributed by atoms with van der Waals surface area (Å²) in [5, 5.41) is 11.6. The smallest absolute Gasteiger partial charge is 0.413 e. The standard InChI is InChI=1S/C20H25N3O4S/c24-17-9-11-22(20(26)27)16-13-21(10-8-15-7-4-12-28-15)19(25)18(23(16)17)14-5-2-1-3-6-14/h4,7,12-14,18H,1-3,5-6,8-11H2,(H,26,27)/t18-/m0/s1. The van der Waals surface area contributed by atoms with Gasteiger partial charge in [0.2, 0.25) is 11.8 Å². The van der Waals surface area contributed by atoms with Crippen LogP contribution in [0.25, 0.3) is 0 Å². The minimum atomic E-state index is -1.08. The molecule has 2 fully saturated rings. The molecule has 0 radical (unpaired) electrons. The van der Waals surface area contributed by atoms with E-state index in [9.17, 15) is 19.5 Å². The number of hydrogen-bond donors (Lipinski definition) is 1. The van der Waals surface area contributed by atoms with Crippen LogP contribution in [0, 0.1) is 5.92 Å². The maximum Gasteiger partial charge on any atom is 0.413 e. The SMILES string of the molecule is O=C1[C@H](C2CCCCC2)N2C(=O)CCN(C(=O)O)C2=CN1CCc1cccs1. The van der Waals surface area contributed by atoms with Crippen molar-refractivity contribution in [3.8, 4) is 0 Å². The van der Waals surface area contributed by atoms with Crippen LogP contribution in [0.1, 0.15) is 43.4 Å². The van der Waals surface area contributed by atoms with Gasteiger partial charge >= 0.3 is 6.09 Å². The van der Waals surface area contributed by atoms with Crippen molar-refractivity contribution in [2.45, 2.75) is 51.0 Å². The predicted octanol–water partition coefficient (Wildman–Crippen LogP) is 3.09. The molecule has 3 amide bonds. The fourth-order valence-electron chi connectivity index (χ4n) is 4.53. The second-order valence-corrected chi connectivity index (χ2v) is 8.67. The normalized spacial score (nSPS) is 23.6. The van der Waals surface area contributed by atoms with E-state index in [2.05, 4.69) is 0 Å². The number of rotatable bonds is 4. The zero-order valence-electron chi connectivity index (χ0n) is 15.7. The first kappa shape index (κ1) is 19.0. The van der Waals surface area contributed by atoms with Crippen LogP contribution in [0.2, 0.25) is 0 Å². The van der Waals surface area contributed by atoms with Crippen LogP contribution < -0.4 is 0 Å². The van der Waals surface area contributed by atoms with Gasteiger partial charge in [-0.3, -0.25) is 19.4 Å². The van der Waals surface area contributed by atoms with E-state index in [1.54, 1.807) is 22.4 Å². The summed E-state index contributed by atoms with van der Waals surface area (Å²) < 4.78 is 0. The highest BCUT2D eigenvalue weighted by Crippen LogP contribution is 2.36. The van der Waals surface area contributed by atoms with E-state index in [4.69, 9.17) is 0 Å². The van der Waals surface area contributed by atoms with Gasteiger partial charge in [-0.2, -0.15) is 0 Å². The molecule has 8 heteroatoms. The molecular weight excluding hydrogens is 378 g/mol. The third-order valence-electron chi connectivity index (χ3n) is 5.93. The molecule has 0 unspecified atom stereocenters. The third-order valence-corrected chi connectivity index (χ3v) is 6.87. The molecule has 28 heavy (non-hydrogen) atoms. The highest BCUT2D eigenvalue weighted by molar-refractivity contribution is 7.09. The van der Waals surface area contributed by atoms with Crippen molar-refractivity contribution < 1.29 is 19.5 Å². The van der Waals surface area contributed by atoms with Gasteiger partial charge in [-0.15, -0.1) is 11.3 Å². The van der Waals surface area contributed by atoms with Gasteiger partial charge in [-0.25, -0.2) is 4.79 Å². The van der Waals surface area contributed by atoms with Crippen molar-refractivity contribution in [3.05, 3.63) is 34.4 Å². The average molecular weight is 404 g/mol. The van der Waals surface area contributed by atoms with Gasteiger partial charge in [0.1, 0.15) is 11.9 Å². The van der Waals surface area contributed by atoms with Crippen LogP contribution in [0.3, 0.4) is 0 Å². The van der Waals surface area contributed by atoms with Gasteiger partial charge in [0.15, 0.2) is 0 Å². The van der Waals surface area contributed by atoms with E-state index in [1.165, 1.54) is 14.7 Å². The fraction of sp³-hybridized carbons (Fsp3) is 0.550. The first-order chi connectivity index (χ1) is 13.6. The summed E-state index contributed by atoms with van der Waals surface area (Å²) in [5.74, 6) is 0.204. The molecule has 0 spiro atoms. The Bertz CT molecular complexity index is 785. The molecule has 1 aromatic rings. The van der Waals surface area contributed by atoms with E-state index in [-0.39, 0.29) is 30.7 Å². The summed E-state index contributed by atoms with van der Waals surface area (Å²) in [6.07, 6.45) is 6.37. The zero-order chi connectivity index (χ0) is 19.7. The number of nitrogens with zero attached hydrogens (tertiary/aromatic N) is 3. The van der Waals surface area contributed by atoms with Crippen molar-refractivity contribution in [1.82, 2.24) is 14.7 Å².